The Hall–Kier alpha value is -1.88. The maximum Gasteiger partial charge on any atom is 0.253 e. The number of anilines is 1. The summed E-state index contributed by atoms with van der Waals surface area (Å²) in [4.78, 5) is 23.9. The molecule has 0 spiro atoms. The lowest BCUT2D eigenvalue weighted by Crippen LogP contribution is -2.37. The van der Waals surface area contributed by atoms with E-state index in [1.165, 1.54) is 0 Å². The second-order valence-electron chi connectivity index (χ2n) is 4.66. The highest BCUT2D eigenvalue weighted by Gasteiger charge is 2.22. The average molecular weight is 261 g/mol. The average Bonchev–Trinajstić information content (AvgIpc) is 2.48. The van der Waals surface area contributed by atoms with E-state index in [1.807, 2.05) is 0 Å². The Labute approximate surface area is 112 Å². The lowest BCUT2D eigenvalue weighted by Gasteiger charge is -2.22. The molecule has 1 fully saturated rings. The number of hydrogen-bond donors (Lipinski definition) is 3. The third kappa shape index (κ3) is 3.32. The van der Waals surface area contributed by atoms with Crippen molar-refractivity contribution in [3.63, 3.8) is 0 Å². The van der Waals surface area contributed by atoms with Gasteiger partial charge >= 0.3 is 0 Å². The molecule has 1 unspecified atom stereocenters. The fourth-order valence-electron chi connectivity index (χ4n) is 2.24. The molecule has 0 radical (unpaired) electrons. The van der Waals surface area contributed by atoms with Gasteiger partial charge in [-0.25, -0.2) is 0 Å². The SMILES string of the molecule is CNC(=O)c1ccccc1NC(=O)C1CCCNC1. The topological polar surface area (TPSA) is 70.2 Å². The minimum atomic E-state index is -0.197. The van der Waals surface area contributed by atoms with Crippen LogP contribution in [-0.2, 0) is 4.79 Å². The van der Waals surface area contributed by atoms with Crippen LogP contribution in [0.1, 0.15) is 23.2 Å². The van der Waals surface area contributed by atoms with Gasteiger partial charge in [0.25, 0.3) is 5.91 Å². The van der Waals surface area contributed by atoms with Crippen molar-refractivity contribution in [3.05, 3.63) is 29.8 Å². The van der Waals surface area contributed by atoms with Crippen LogP contribution in [0.3, 0.4) is 0 Å². The summed E-state index contributed by atoms with van der Waals surface area (Å²) >= 11 is 0. The van der Waals surface area contributed by atoms with Gasteiger partial charge in [0.2, 0.25) is 5.91 Å². The zero-order chi connectivity index (χ0) is 13.7. The van der Waals surface area contributed by atoms with Gasteiger partial charge in [-0.1, -0.05) is 12.1 Å². The van der Waals surface area contributed by atoms with Crippen LogP contribution in [0.2, 0.25) is 0 Å². The highest BCUT2D eigenvalue weighted by atomic mass is 16.2. The standard InChI is InChI=1S/C14H19N3O2/c1-15-14(19)11-6-2-3-7-12(11)17-13(18)10-5-4-8-16-9-10/h2-3,6-7,10,16H,4-5,8-9H2,1H3,(H,15,19)(H,17,18). The molecule has 3 N–H and O–H groups in total. The van der Waals surface area contributed by atoms with Gasteiger partial charge in [0.05, 0.1) is 17.2 Å². The van der Waals surface area contributed by atoms with Crippen LogP contribution in [0, 0.1) is 5.92 Å². The number of benzene rings is 1. The summed E-state index contributed by atoms with van der Waals surface area (Å²) in [5, 5.41) is 8.64. The first-order valence-electron chi connectivity index (χ1n) is 6.55. The Morgan fingerprint density at radius 1 is 1.32 bits per heavy atom. The zero-order valence-corrected chi connectivity index (χ0v) is 11.0. The number of piperidine rings is 1. The molecular weight excluding hydrogens is 242 g/mol. The maximum absolute atomic E-state index is 12.1. The van der Waals surface area contributed by atoms with Gasteiger partial charge in [-0.15, -0.1) is 0 Å². The largest absolute Gasteiger partial charge is 0.355 e. The van der Waals surface area contributed by atoms with Crippen LogP contribution in [0.5, 0.6) is 0 Å². The van der Waals surface area contributed by atoms with E-state index < -0.39 is 0 Å². The molecule has 5 nitrogen and oxygen atoms in total. The van der Waals surface area contributed by atoms with Gasteiger partial charge in [0.15, 0.2) is 0 Å². The molecule has 0 bridgehead atoms. The quantitative estimate of drug-likeness (QED) is 0.759. The van der Waals surface area contributed by atoms with Crippen molar-refractivity contribution >= 4 is 17.5 Å². The number of nitrogens with one attached hydrogen (secondary N) is 3. The van der Waals surface area contributed by atoms with Crippen molar-refractivity contribution in [2.75, 3.05) is 25.5 Å². The molecule has 19 heavy (non-hydrogen) atoms. The van der Waals surface area contributed by atoms with E-state index in [2.05, 4.69) is 16.0 Å². The lowest BCUT2D eigenvalue weighted by molar-refractivity contribution is -0.120. The number of amides is 2. The Balaban J connectivity index is 2.09. The molecule has 0 saturated carbocycles. The van der Waals surface area contributed by atoms with Crippen LogP contribution >= 0.6 is 0 Å². The third-order valence-corrected chi connectivity index (χ3v) is 3.32. The van der Waals surface area contributed by atoms with Gasteiger partial charge in [-0.05, 0) is 31.5 Å². The molecule has 0 aromatic heterocycles. The van der Waals surface area contributed by atoms with E-state index in [0.717, 1.165) is 19.4 Å². The summed E-state index contributed by atoms with van der Waals surface area (Å²) in [6.07, 6.45) is 1.90. The fraction of sp³-hybridized carbons (Fsp3) is 0.429. The molecule has 102 valence electrons. The van der Waals surface area contributed by atoms with Crippen LogP contribution in [0.25, 0.3) is 0 Å². The normalized spacial score (nSPS) is 18.7. The van der Waals surface area contributed by atoms with Crippen molar-refractivity contribution in [1.29, 1.82) is 0 Å². The maximum atomic E-state index is 12.1. The monoisotopic (exact) mass is 261 g/mol. The van der Waals surface area contributed by atoms with Gasteiger partial charge in [-0.3, -0.25) is 9.59 Å². The Morgan fingerprint density at radius 2 is 2.11 bits per heavy atom. The molecule has 2 amide bonds. The molecular formula is C14H19N3O2. The predicted molar refractivity (Wildman–Crippen MR) is 74.1 cm³/mol. The van der Waals surface area contributed by atoms with Crippen LogP contribution < -0.4 is 16.0 Å². The van der Waals surface area contributed by atoms with Gasteiger partial charge in [0.1, 0.15) is 0 Å². The number of para-hydroxylation sites is 1. The number of carbonyl (C=O) groups excluding carboxylic acids is 2. The van der Waals surface area contributed by atoms with E-state index in [9.17, 15) is 9.59 Å². The predicted octanol–water partition coefficient (Wildman–Crippen LogP) is 0.984. The fourth-order valence-corrected chi connectivity index (χ4v) is 2.24. The third-order valence-electron chi connectivity index (χ3n) is 3.32. The highest BCUT2D eigenvalue weighted by Crippen LogP contribution is 2.18. The second kappa shape index (κ2) is 6.33. The number of rotatable bonds is 3. The van der Waals surface area contributed by atoms with Crippen LogP contribution in [-0.4, -0.2) is 32.0 Å². The van der Waals surface area contributed by atoms with Crippen molar-refractivity contribution in [2.24, 2.45) is 5.92 Å². The summed E-state index contributed by atoms with van der Waals surface area (Å²) < 4.78 is 0. The second-order valence-corrected chi connectivity index (χ2v) is 4.66. The summed E-state index contributed by atoms with van der Waals surface area (Å²) in [5.74, 6) is -0.243. The van der Waals surface area contributed by atoms with E-state index in [-0.39, 0.29) is 17.7 Å². The van der Waals surface area contributed by atoms with E-state index >= 15 is 0 Å². The van der Waals surface area contributed by atoms with Gasteiger partial charge < -0.3 is 16.0 Å². The molecule has 1 aliphatic heterocycles. The summed E-state index contributed by atoms with van der Waals surface area (Å²) in [6.45, 7) is 1.67. The van der Waals surface area contributed by atoms with E-state index in [1.54, 1.807) is 31.3 Å². The Bertz CT molecular complexity index is 468. The summed E-state index contributed by atoms with van der Waals surface area (Å²) in [5.41, 5.74) is 1.06. The van der Waals surface area contributed by atoms with Crippen LogP contribution in [0.4, 0.5) is 5.69 Å². The Kier molecular flexibility index (Phi) is 4.52. The van der Waals surface area contributed by atoms with Gasteiger partial charge in [0, 0.05) is 13.6 Å². The molecule has 1 aromatic carbocycles. The molecule has 1 saturated heterocycles. The van der Waals surface area contributed by atoms with Gasteiger partial charge in [-0.2, -0.15) is 0 Å². The first-order valence-corrected chi connectivity index (χ1v) is 6.55. The van der Waals surface area contributed by atoms with Crippen molar-refractivity contribution in [3.8, 4) is 0 Å². The van der Waals surface area contributed by atoms with E-state index in [0.29, 0.717) is 17.8 Å². The molecule has 1 aromatic rings. The summed E-state index contributed by atoms with van der Waals surface area (Å²) in [7, 11) is 1.58. The van der Waals surface area contributed by atoms with Crippen molar-refractivity contribution < 1.29 is 9.59 Å². The zero-order valence-electron chi connectivity index (χ0n) is 11.0. The molecule has 1 atom stereocenters. The highest BCUT2D eigenvalue weighted by molar-refractivity contribution is 6.04. The molecule has 5 heteroatoms. The van der Waals surface area contributed by atoms with Crippen LogP contribution in [0.15, 0.2) is 24.3 Å². The molecule has 0 aliphatic carbocycles. The first-order chi connectivity index (χ1) is 9.22. The minimum absolute atomic E-state index is 0.0218. The minimum Gasteiger partial charge on any atom is -0.355 e. The number of hydrogen-bond acceptors (Lipinski definition) is 3. The molecule has 1 aliphatic rings. The summed E-state index contributed by atoms with van der Waals surface area (Å²) in [6, 6.07) is 7.04. The Morgan fingerprint density at radius 3 is 2.79 bits per heavy atom. The molecule has 1 heterocycles. The smallest absolute Gasteiger partial charge is 0.253 e. The first kappa shape index (κ1) is 13.5. The van der Waals surface area contributed by atoms with E-state index in [4.69, 9.17) is 0 Å². The lowest BCUT2D eigenvalue weighted by atomic mass is 9.98. The van der Waals surface area contributed by atoms with Crippen molar-refractivity contribution in [1.82, 2.24) is 10.6 Å². The number of carbonyl (C=O) groups is 2. The molecule has 2 rings (SSSR count). The van der Waals surface area contributed by atoms with Crippen molar-refractivity contribution in [2.45, 2.75) is 12.8 Å².